The Bertz CT molecular complexity index is 1380. The molecule has 9 atom stereocenters. The normalized spacial score (nSPS) is 19.2. The zero-order chi connectivity index (χ0) is 40.2. The maximum Gasteiger partial charge on any atom is 0.326 e. The maximum atomic E-state index is 14.2. The molecule has 0 aliphatic carbocycles. The largest absolute Gasteiger partial charge is 0.480 e. The number of carboxylic acid groups (broad SMARTS) is 1. The minimum absolute atomic E-state index is 0.00217. The Kier molecular flexibility index (Phi) is 18.9. The SMILES string of the molecule is CC[C@H](C)[C@@H]([C@@H](CC(=O)N1CCC[C@H]1[C@H](OC)[C@@H](C)C(=O)N[C@@H](Cc1cccc(Cl)c1)C(=O)O)OC)N(C)C(=O)[C@@H](CC(=O)[C@@H](NC)C(C)C)C(C)C. The molecular formula is C40H65ClN4O8. The molecule has 2 rings (SSSR count). The zero-order valence-corrected chi connectivity index (χ0v) is 34.4. The molecule has 0 unspecified atom stereocenters. The van der Waals surface area contributed by atoms with Crippen LogP contribution in [0.25, 0.3) is 0 Å². The van der Waals surface area contributed by atoms with Gasteiger partial charge in [0, 0.05) is 51.6 Å². The molecule has 1 saturated heterocycles. The first kappa shape index (κ1) is 46.1. The molecule has 3 amide bonds. The third-order valence-corrected chi connectivity index (χ3v) is 11.3. The summed E-state index contributed by atoms with van der Waals surface area (Å²) >= 11 is 6.09. The molecule has 0 spiro atoms. The lowest BCUT2D eigenvalue weighted by atomic mass is 9.84. The summed E-state index contributed by atoms with van der Waals surface area (Å²) in [5.41, 5.74) is 0.672. The van der Waals surface area contributed by atoms with Crippen LogP contribution in [0, 0.1) is 29.6 Å². The lowest BCUT2D eigenvalue weighted by Gasteiger charge is -2.41. The van der Waals surface area contributed by atoms with E-state index in [0.29, 0.717) is 30.0 Å². The number of ether oxygens (including phenoxy) is 2. The number of hydrogen-bond acceptors (Lipinski definition) is 8. The predicted molar refractivity (Wildman–Crippen MR) is 206 cm³/mol. The Hall–Kier alpha value is -3.06. The summed E-state index contributed by atoms with van der Waals surface area (Å²) in [4.78, 5) is 70.7. The number of methoxy groups -OCH3 is 2. The Balaban J connectivity index is 2.27. The average Bonchev–Trinajstić information content (AvgIpc) is 3.59. The van der Waals surface area contributed by atoms with E-state index in [1.54, 1.807) is 62.2 Å². The Morgan fingerprint density at radius 2 is 1.68 bits per heavy atom. The number of carbonyl (C=O) groups is 5. The van der Waals surface area contributed by atoms with E-state index in [4.69, 9.17) is 21.1 Å². The van der Waals surface area contributed by atoms with Crippen LogP contribution in [0.15, 0.2) is 24.3 Å². The first-order chi connectivity index (χ1) is 24.9. The van der Waals surface area contributed by atoms with Gasteiger partial charge < -0.3 is 35.0 Å². The van der Waals surface area contributed by atoms with E-state index in [2.05, 4.69) is 10.6 Å². The van der Waals surface area contributed by atoms with Gasteiger partial charge in [-0.05, 0) is 55.3 Å². The van der Waals surface area contributed by atoms with Gasteiger partial charge in [-0.1, -0.05) is 78.6 Å². The fourth-order valence-electron chi connectivity index (χ4n) is 7.79. The summed E-state index contributed by atoms with van der Waals surface area (Å²) in [5, 5.41) is 16.1. The van der Waals surface area contributed by atoms with Gasteiger partial charge in [-0.2, -0.15) is 0 Å². The van der Waals surface area contributed by atoms with Crippen LogP contribution in [0.3, 0.4) is 0 Å². The molecule has 300 valence electrons. The van der Waals surface area contributed by atoms with Gasteiger partial charge in [-0.3, -0.25) is 19.2 Å². The average molecular weight is 765 g/mol. The van der Waals surface area contributed by atoms with Crippen molar-refractivity contribution in [2.75, 3.05) is 34.9 Å². The quantitative estimate of drug-likeness (QED) is 0.150. The Morgan fingerprint density at radius 3 is 2.19 bits per heavy atom. The number of likely N-dealkylation sites (tertiary alicyclic amines) is 1. The van der Waals surface area contributed by atoms with E-state index < -0.39 is 54.0 Å². The second-order valence-corrected chi connectivity index (χ2v) is 15.8. The fraction of sp³-hybridized carbons (Fsp3) is 0.725. The molecule has 1 aromatic rings. The first-order valence-corrected chi connectivity index (χ1v) is 19.4. The molecule has 1 heterocycles. The van der Waals surface area contributed by atoms with E-state index in [9.17, 15) is 29.1 Å². The third-order valence-electron chi connectivity index (χ3n) is 11.1. The van der Waals surface area contributed by atoms with Crippen molar-refractivity contribution < 1.29 is 38.6 Å². The van der Waals surface area contributed by atoms with Crippen molar-refractivity contribution in [3.05, 3.63) is 34.9 Å². The number of ketones is 1. The number of Topliss-reactive ketones (excluding diaryl/α,β-unsaturated/α-hetero) is 1. The van der Waals surface area contributed by atoms with Crippen molar-refractivity contribution in [3.8, 4) is 0 Å². The smallest absolute Gasteiger partial charge is 0.326 e. The molecule has 0 bridgehead atoms. The van der Waals surface area contributed by atoms with Crippen molar-refractivity contribution in [2.45, 2.75) is 123 Å². The third kappa shape index (κ3) is 12.5. The molecule has 1 fully saturated rings. The van der Waals surface area contributed by atoms with Crippen molar-refractivity contribution in [1.29, 1.82) is 0 Å². The van der Waals surface area contributed by atoms with Crippen LogP contribution in [0.1, 0.15) is 86.1 Å². The summed E-state index contributed by atoms with van der Waals surface area (Å²) in [5.74, 6) is -3.35. The minimum atomic E-state index is -1.18. The van der Waals surface area contributed by atoms with Crippen molar-refractivity contribution in [2.24, 2.45) is 29.6 Å². The lowest BCUT2D eigenvalue weighted by molar-refractivity contribution is -0.149. The number of carboxylic acids is 1. The molecule has 53 heavy (non-hydrogen) atoms. The number of amides is 3. The second kappa shape index (κ2) is 21.7. The number of hydrogen-bond donors (Lipinski definition) is 3. The lowest BCUT2D eigenvalue weighted by Crippen LogP contribution is -2.55. The second-order valence-electron chi connectivity index (χ2n) is 15.4. The van der Waals surface area contributed by atoms with Crippen LogP contribution in [0.5, 0.6) is 0 Å². The fourth-order valence-corrected chi connectivity index (χ4v) is 8.00. The van der Waals surface area contributed by atoms with E-state index in [-0.39, 0.29) is 60.7 Å². The number of aliphatic carboxylic acids is 1. The molecule has 0 saturated carbocycles. The number of nitrogens with zero attached hydrogens (tertiary/aromatic N) is 2. The molecule has 13 heteroatoms. The highest BCUT2D eigenvalue weighted by molar-refractivity contribution is 6.30. The first-order valence-electron chi connectivity index (χ1n) is 19.0. The van der Waals surface area contributed by atoms with Crippen LogP contribution in [-0.4, -0.2) is 116 Å². The van der Waals surface area contributed by atoms with Gasteiger partial charge in [0.1, 0.15) is 6.04 Å². The molecule has 1 aliphatic rings. The van der Waals surface area contributed by atoms with E-state index >= 15 is 0 Å². The number of nitrogens with one attached hydrogen (secondary N) is 2. The van der Waals surface area contributed by atoms with Crippen molar-refractivity contribution >= 4 is 41.1 Å². The van der Waals surface area contributed by atoms with Crippen LogP contribution in [-0.2, 0) is 39.9 Å². The molecule has 1 aromatic carbocycles. The Morgan fingerprint density at radius 1 is 1.02 bits per heavy atom. The van der Waals surface area contributed by atoms with E-state index in [0.717, 1.165) is 6.42 Å². The topological polar surface area (TPSA) is 155 Å². The van der Waals surface area contributed by atoms with Crippen LogP contribution >= 0.6 is 11.6 Å². The molecule has 3 N–H and O–H groups in total. The van der Waals surface area contributed by atoms with Crippen molar-refractivity contribution in [1.82, 2.24) is 20.4 Å². The van der Waals surface area contributed by atoms with E-state index in [1.807, 2.05) is 41.5 Å². The van der Waals surface area contributed by atoms with Gasteiger partial charge in [0.05, 0.1) is 42.7 Å². The van der Waals surface area contributed by atoms with Crippen LogP contribution in [0.4, 0.5) is 0 Å². The number of carbonyl (C=O) groups excluding carboxylic acids is 4. The standard InChI is InChI=1S/C40H65ClN4O8/c1-12-25(6)36(44(9)39(49)29(23(2)3)21-32(46)35(42-8)24(4)5)33(52-10)22-34(47)45-18-14-17-31(45)37(53-11)26(7)38(48)43-30(40(50)51)20-27-15-13-16-28(41)19-27/h13,15-16,19,23-26,29-31,33,35-37,42H,12,14,17-18,20-22H2,1-11H3,(H,43,48)(H,50,51)/t25-,26+,29-,30-,31-,33+,35-,36-,37+/m0/s1. The van der Waals surface area contributed by atoms with Crippen LogP contribution < -0.4 is 10.6 Å². The Labute approximate surface area is 322 Å². The number of benzene rings is 1. The molecule has 1 aliphatic heterocycles. The summed E-state index contributed by atoms with van der Waals surface area (Å²) in [6.07, 6.45) is 0.864. The highest BCUT2D eigenvalue weighted by atomic mass is 35.5. The molecule has 12 nitrogen and oxygen atoms in total. The van der Waals surface area contributed by atoms with Gasteiger partial charge in [0.25, 0.3) is 0 Å². The van der Waals surface area contributed by atoms with Crippen LogP contribution in [0.2, 0.25) is 5.02 Å². The van der Waals surface area contributed by atoms with Gasteiger partial charge in [-0.25, -0.2) is 4.79 Å². The number of halogens is 1. The zero-order valence-electron chi connectivity index (χ0n) is 33.7. The molecule has 0 aromatic heterocycles. The maximum absolute atomic E-state index is 14.2. The monoisotopic (exact) mass is 764 g/mol. The highest BCUT2D eigenvalue weighted by Crippen LogP contribution is 2.31. The summed E-state index contributed by atoms with van der Waals surface area (Å²) < 4.78 is 11.9. The highest BCUT2D eigenvalue weighted by Gasteiger charge is 2.43. The van der Waals surface area contributed by atoms with Gasteiger partial charge in [0.15, 0.2) is 5.78 Å². The van der Waals surface area contributed by atoms with Gasteiger partial charge in [0.2, 0.25) is 17.7 Å². The number of rotatable bonds is 22. The predicted octanol–water partition coefficient (Wildman–Crippen LogP) is 4.85. The van der Waals surface area contributed by atoms with Gasteiger partial charge >= 0.3 is 5.97 Å². The van der Waals surface area contributed by atoms with E-state index in [1.165, 1.54) is 7.11 Å². The summed E-state index contributed by atoms with van der Waals surface area (Å²) in [7, 11) is 6.53. The van der Waals surface area contributed by atoms with Crippen molar-refractivity contribution in [3.63, 3.8) is 0 Å². The molecule has 0 radical (unpaired) electrons. The molecular weight excluding hydrogens is 700 g/mol. The number of likely N-dealkylation sites (N-methyl/N-ethyl adjacent to an activating group) is 2. The van der Waals surface area contributed by atoms with Gasteiger partial charge in [-0.15, -0.1) is 0 Å². The summed E-state index contributed by atoms with van der Waals surface area (Å²) in [6, 6.07) is 4.42. The minimum Gasteiger partial charge on any atom is -0.480 e. The summed E-state index contributed by atoms with van der Waals surface area (Å²) in [6.45, 7) is 14.1.